The van der Waals surface area contributed by atoms with Crippen LogP contribution in [0.5, 0.6) is 0 Å². The fraction of sp³-hybridized carbons (Fsp3) is 0.500. The molecule has 2 aromatic rings. The smallest absolute Gasteiger partial charge is 0.237 e. The maximum atomic E-state index is 12.6. The van der Waals surface area contributed by atoms with Crippen molar-refractivity contribution in [3.8, 4) is 0 Å². The molecule has 1 aromatic carbocycles. The first kappa shape index (κ1) is 17.8. The molecule has 25 heavy (non-hydrogen) atoms. The number of aromatic nitrogens is 3. The van der Waals surface area contributed by atoms with Crippen LogP contribution in [0.15, 0.2) is 29.4 Å². The average molecular weight is 359 g/mol. The third-order valence-electron chi connectivity index (χ3n) is 4.65. The molecule has 7 heteroatoms. The van der Waals surface area contributed by atoms with Crippen LogP contribution in [0.1, 0.15) is 63.3 Å². The van der Waals surface area contributed by atoms with E-state index in [-0.39, 0.29) is 11.2 Å². The Bertz CT molecular complexity index is 756. The van der Waals surface area contributed by atoms with Crippen LogP contribution >= 0.6 is 11.8 Å². The Balaban J connectivity index is 1.67. The molecule has 0 aliphatic heterocycles. The molecule has 1 saturated carbocycles. The standard InChI is InChI=1S/C18H25N5OS/c1-4-11(2)14-7-5-6-8-15(14)20-17(24)12(3)25-18-22-21-16(23(18)19)13-9-10-13/h5-8,11-13H,4,9-10,19H2,1-3H3,(H,20,24)/t11-,12+/m1/s1. The number of rotatable bonds is 7. The van der Waals surface area contributed by atoms with Crippen LogP contribution in [0.4, 0.5) is 5.69 Å². The molecule has 1 fully saturated rings. The second kappa shape index (κ2) is 7.47. The summed E-state index contributed by atoms with van der Waals surface area (Å²) in [6.45, 7) is 6.17. The summed E-state index contributed by atoms with van der Waals surface area (Å²) < 4.78 is 1.53. The maximum absolute atomic E-state index is 12.6. The highest BCUT2D eigenvalue weighted by Crippen LogP contribution is 2.39. The summed E-state index contributed by atoms with van der Waals surface area (Å²) in [6.07, 6.45) is 3.25. The molecule has 1 amide bonds. The second-order valence-electron chi connectivity index (χ2n) is 6.63. The van der Waals surface area contributed by atoms with E-state index in [0.717, 1.165) is 36.3 Å². The molecular weight excluding hydrogens is 334 g/mol. The Morgan fingerprint density at radius 3 is 2.76 bits per heavy atom. The quantitative estimate of drug-likeness (QED) is 0.584. The van der Waals surface area contributed by atoms with Gasteiger partial charge in [-0.2, -0.15) is 0 Å². The van der Waals surface area contributed by atoms with Gasteiger partial charge in [0, 0.05) is 11.6 Å². The lowest BCUT2D eigenvalue weighted by molar-refractivity contribution is -0.115. The number of hydrogen-bond acceptors (Lipinski definition) is 5. The number of benzene rings is 1. The first-order valence-corrected chi connectivity index (χ1v) is 9.66. The number of carbonyl (C=O) groups excluding carboxylic acids is 1. The van der Waals surface area contributed by atoms with Crippen molar-refractivity contribution in [3.05, 3.63) is 35.7 Å². The fourth-order valence-electron chi connectivity index (χ4n) is 2.70. The van der Waals surface area contributed by atoms with Gasteiger partial charge in [0.05, 0.1) is 5.25 Å². The Kier molecular flexibility index (Phi) is 5.32. The van der Waals surface area contributed by atoms with Gasteiger partial charge in [-0.05, 0) is 43.7 Å². The third kappa shape index (κ3) is 3.98. The predicted molar refractivity (Wildman–Crippen MR) is 101 cm³/mol. The van der Waals surface area contributed by atoms with E-state index in [1.54, 1.807) is 0 Å². The van der Waals surface area contributed by atoms with Crippen LogP contribution in [-0.2, 0) is 4.79 Å². The molecule has 3 rings (SSSR count). The van der Waals surface area contributed by atoms with E-state index in [1.165, 1.54) is 16.4 Å². The highest BCUT2D eigenvalue weighted by Gasteiger charge is 2.30. The zero-order valence-corrected chi connectivity index (χ0v) is 15.7. The molecule has 0 unspecified atom stereocenters. The van der Waals surface area contributed by atoms with Gasteiger partial charge >= 0.3 is 0 Å². The molecule has 1 aromatic heterocycles. The lowest BCUT2D eigenvalue weighted by atomic mass is 9.97. The zero-order valence-electron chi connectivity index (χ0n) is 14.9. The number of hydrogen-bond donors (Lipinski definition) is 2. The predicted octanol–water partition coefficient (Wildman–Crippen LogP) is 3.50. The van der Waals surface area contributed by atoms with Crippen molar-refractivity contribution < 1.29 is 4.79 Å². The van der Waals surface area contributed by atoms with Gasteiger partial charge in [0.15, 0.2) is 5.82 Å². The van der Waals surface area contributed by atoms with Gasteiger partial charge in [0.25, 0.3) is 0 Å². The molecule has 134 valence electrons. The topological polar surface area (TPSA) is 85.8 Å². The van der Waals surface area contributed by atoms with E-state index in [0.29, 0.717) is 17.0 Å². The molecular formula is C18H25N5OS. The minimum absolute atomic E-state index is 0.0586. The van der Waals surface area contributed by atoms with Crippen molar-refractivity contribution >= 4 is 23.4 Å². The van der Waals surface area contributed by atoms with E-state index in [2.05, 4.69) is 35.4 Å². The lowest BCUT2D eigenvalue weighted by Crippen LogP contribution is -2.24. The summed E-state index contributed by atoms with van der Waals surface area (Å²) in [5, 5.41) is 11.6. The SMILES string of the molecule is CC[C@@H](C)c1ccccc1NC(=O)[C@H](C)Sc1nnc(C2CC2)n1N. The third-order valence-corrected chi connectivity index (χ3v) is 5.70. The van der Waals surface area contributed by atoms with Gasteiger partial charge in [-0.15, -0.1) is 10.2 Å². The van der Waals surface area contributed by atoms with Crippen LogP contribution in [0, 0.1) is 0 Å². The van der Waals surface area contributed by atoms with Crippen LogP contribution in [-0.4, -0.2) is 26.0 Å². The lowest BCUT2D eigenvalue weighted by Gasteiger charge is -2.17. The van der Waals surface area contributed by atoms with Crippen LogP contribution in [0.3, 0.4) is 0 Å². The Hall–Kier alpha value is -2.02. The number of nitrogens with two attached hydrogens (primary N) is 1. The van der Waals surface area contributed by atoms with Crippen LogP contribution in [0.25, 0.3) is 0 Å². The van der Waals surface area contributed by atoms with E-state index < -0.39 is 0 Å². The van der Waals surface area contributed by atoms with Crippen LogP contribution < -0.4 is 11.2 Å². The molecule has 2 atom stereocenters. The second-order valence-corrected chi connectivity index (χ2v) is 7.94. The normalized spacial score (nSPS) is 16.4. The van der Waals surface area contributed by atoms with Crippen molar-refractivity contribution in [3.63, 3.8) is 0 Å². The highest BCUT2D eigenvalue weighted by atomic mass is 32.2. The molecule has 3 N–H and O–H groups in total. The van der Waals surface area contributed by atoms with E-state index in [4.69, 9.17) is 5.84 Å². The molecule has 0 saturated heterocycles. The first-order chi connectivity index (χ1) is 12.0. The molecule has 1 aliphatic carbocycles. The Morgan fingerprint density at radius 1 is 1.36 bits per heavy atom. The highest BCUT2D eigenvalue weighted by molar-refractivity contribution is 8.00. The largest absolute Gasteiger partial charge is 0.336 e. The molecule has 1 heterocycles. The number of carbonyl (C=O) groups is 1. The zero-order chi connectivity index (χ0) is 18.0. The fourth-order valence-corrected chi connectivity index (χ4v) is 3.47. The van der Waals surface area contributed by atoms with Crippen molar-refractivity contribution in [2.45, 2.75) is 62.3 Å². The number of nitrogen functional groups attached to an aromatic ring is 1. The van der Waals surface area contributed by atoms with Gasteiger partial charge in [0.1, 0.15) is 0 Å². The number of amides is 1. The Labute approximate surface area is 152 Å². The molecule has 0 spiro atoms. The minimum atomic E-state index is -0.316. The van der Waals surface area contributed by atoms with Gasteiger partial charge in [0.2, 0.25) is 11.1 Å². The number of anilines is 1. The summed E-state index contributed by atoms with van der Waals surface area (Å²) in [6, 6.07) is 7.97. The summed E-state index contributed by atoms with van der Waals surface area (Å²) >= 11 is 1.34. The van der Waals surface area contributed by atoms with E-state index >= 15 is 0 Å². The molecule has 0 bridgehead atoms. The average Bonchev–Trinajstić information content (AvgIpc) is 3.39. The minimum Gasteiger partial charge on any atom is -0.336 e. The summed E-state index contributed by atoms with van der Waals surface area (Å²) in [5.74, 6) is 7.65. The molecule has 6 nitrogen and oxygen atoms in total. The maximum Gasteiger partial charge on any atom is 0.237 e. The number of nitrogens with zero attached hydrogens (tertiary/aromatic N) is 3. The van der Waals surface area contributed by atoms with E-state index in [1.807, 2.05) is 25.1 Å². The molecule has 1 aliphatic rings. The number of nitrogens with one attached hydrogen (secondary N) is 1. The number of thioether (sulfide) groups is 1. The van der Waals surface area contributed by atoms with Gasteiger partial charge in [-0.3, -0.25) is 4.79 Å². The van der Waals surface area contributed by atoms with Gasteiger partial charge in [-0.25, -0.2) is 4.68 Å². The van der Waals surface area contributed by atoms with Crippen molar-refractivity contribution in [2.75, 3.05) is 11.2 Å². The van der Waals surface area contributed by atoms with Crippen molar-refractivity contribution in [1.29, 1.82) is 0 Å². The summed E-state index contributed by atoms with van der Waals surface area (Å²) in [5.41, 5.74) is 2.04. The number of para-hydroxylation sites is 1. The van der Waals surface area contributed by atoms with Crippen LogP contribution in [0.2, 0.25) is 0 Å². The Morgan fingerprint density at radius 2 is 2.08 bits per heavy atom. The van der Waals surface area contributed by atoms with E-state index in [9.17, 15) is 4.79 Å². The summed E-state index contributed by atoms with van der Waals surface area (Å²) in [4.78, 5) is 12.6. The monoisotopic (exact) mass is 359 g/mol. The van der Waals surface area contributed by atoms with Gasteiger partial charge < -0.3 is 11.2 Å². The van der Waals surface area contributed by atoms with Gasteiger partial charge in [-0.1, -0.05) is 43.8 Å². The first-order valence-electron chi connectivity index (χ1n) is 8.78. The van der Waals surface area contributed by atoms with Crippen molar-refractivity contribution in [2.24, 2.45) is 0 Å². The van der Waals surface area contributed by atoms with Crippen molar-refractivity contribution in [1.82, 2.24) is 14.9 Å². The summed E-state index contributed by atoms with van der Waals surface area (Å²) in [7, 11) is 0. The molecule has 0 radical (unpaired) electrons.